The van der Waals surface area contributed by atoms with Crippen LogP contribution in [0.15, 0.2) is 63.5 Å². The molecule has 0 unspecified atom stereocenters. The highest BCUT2D eigenvalue weighted by Crippen LogP contribution is 2.19. The van der Waals surface area contributed by atoms with Crippen molar-refractivity contribution in [3.05, 3.63) is 97.3 Å². The molecule has 4 rings (SSSR count). The van der Waals surface area contributed by atoms with Crippen LogP contribution >= 0.6 is 11.3 Å². The van der Waals surface area contributed by atoms with Crippen molar-refractivity contribution in [2.45, 2.75) is 20.4 Å². The zero-order valence-corrected chi connectivity index (χ0v) is 15.7. The molecule has 2 heterocycles. The van der Waals surface area contributed by atoms with Crippen LogP contribution in [0.3, 0.4) is 0 Å². The monoisotopic (exact) mass is 380 g/mol. The molecule has 0 saturated carbocycles. The van der Waals surface area contributed by atoms with Gasteiger partial charge in [-0.2, -0.15) is 0 Å². The number of aromatic nitrogens is 2. The third-order valence-electron chi connectivity index (χ3n) is 4.68. The van der Waals surface area contributed by atoms with E-state index in [0.717, 1.165) is 21.3 Å². The molecule has 4 nitrogen and oxygen atoms in total. The number of nitrogens with zero attached hydrogens (tertiary/aromatic N) is 2. The van der Waals surface area contributed by atoms with Gasteiger partial charge in [-0.3, -0.25) is 9.36 Å². The van der Waals surface area contributed by atoms with Gasteiger partial charge in [-0.1, -0.05) is 35.9 Å². The van der Waals surface area contributed by atoms with Gasteiger partial charge in [-0.15, -0.1) is 11.3 Å². The minimum atomic E-state index is -0.606. The first kappa shape index (κ1) is 17.4. The minimum absolute atomic E-state index is 0.0301. The lowest BCUT2D eigenvalue weighted by molar-refractivity contribution is 0.606. The maximum atomic E-state index is 14.3. The predicted octanol–water partition coefficient (Wildman–Crippen LogP) is 4.02. The normalized spacial score (nSPS) is 11.2. The van der Waals surface area contributed by atoms with E-state index in [1.165, 1.54) is 29.5 Å². The van der Waals surface area contributed by atoms with Gasteiger partial charge < -0.3 is 0 Å². The highest BCUT2D eigenvalue weighted by atomic mass is 32.1. The fraction of sp³-hybridized carbons (Fsp3) is 0.143. The van der Waals surface area contributed by atoms with Crippen LogP contribution in [0.4, 0.5) is 4.39 Å². The summed E-state index contributed by atoms with van der Waals surface area (Å²) in [5, 5.41) is 1.77. The topological polar surface area (TPSA) is 44.0 Å². The first-order valence-corrected chi connectivity index (χ1v) is 9.39. The van der Waals surface area contributed by atoms with Crippen LogP contribution in [0.5, 0.6) is 0 Å². The van der Waals surface area contributed by atoms with Crippen LogP contribution in [0.2, 0.25) is 0 Å². The largest absolute Gasteiger partial charge is 0.336 e. The number of fused-ring (bicyclic) bond motifs is 1. The van der Waals surface area contributed by atoms with Gasteiger partial charge in [0.2, 0.25) is 0 Å². The molecule has 2 aromatic heterocycles. The Balaban J connectivity index is 2.03. The number of hydrogen-bond acceptors (Lipinski definition) is 3. The van der Waals surface area contributed by atoms with E-state index >= 15 is 0 Å². The fourth-order valence-corrected chi connectivity index (χ4v) is 4.05. The Morgan fingerprint density at radius 2 is 1.81 bits per heavy atom. The molecule has 27 heavy (non-hydrogen) atoms. The molecule has 2 aromatic carbocycles. The van der Waals surface area contributed by atoms with Crippen molar-refractivity contribution in [1.82, 2.24) is 9.13 Å². The highest BCUT2D eigenvalue weighted by Gasteiger charge is 2.18. The van der Waals surface area contributed by atoms with E-state index in [1.807, 2.05) is 32.0 Å². The maximum Gasteiger partial charge on any atom is 0.336 e. The van der Waals surface area contributed by atoms with Crippen molar-refractivity contribution in [2.24, 2.45) is 0 Å². The van der Waals surface area contributed by atoms with Crippen LogP contribution in [0.1, 0.15) is 16.7 Å². The van der Waals surface area contributed by atoms with Crippen LogP contribution in [0.25, 0.3) is 15.9 Å². The second kappa shape index (κ2) is 6.63. The number of hydrogen-bond donors (Lipinski definition) is 0. The fourth-order valence-electron chi connectivity index (χ4n) is 3.23. The molecule has 0 aliphatic carbocycles. The van der Waals surface area contributed by atoms with E-state index in [2.05, 4.69) is 0 Å². The van der Waals surface area contributed by atoms with Gasteiger partial charge in [0.25, 0.3) is 5.56 Å². The van der Waals surface area contributed by atoms with Gasteiger partial charge in [0.15, 0.2) is 0 Å². The van der Waals surface area contributed by atoms with Gasteiger partial charge in [-0.25, -0.2) is 13.8 Å². The third-order valence-corrected chi connectivity index (χ3v) is 5.57. The van der Waals surface area contributed by atoms with Gasteiger partial charge in [0.1, 0.15) is 10.5 Å². The van der Waals surface area contributed by atoms with Crippen LogP contribution < -0.4 is 11.2 Å². The lowest BCUT2D eigenvalue weighted by Gasteiger charge is -2.14. The maximum absolute atomic E-state index is 14.3. The Bertz CT molecular complexity index is 1280. The van der Waals surface area contributed by atoms with E-state index < -0.39 is 17.1 Å². The van der Waals surface area contributed by atoms with E-state index in [4.69, 9.17) is 0 Å². The molecule has 0 amide bonds. The van der Waals surface area contributed by atoms with Crippen LogP contribution in [0, 0.1) is 19.7 Å². The molecule has 4 aromatic rings. The number of benzene rings is 2. The Kier molecular flexibility index (Phi) is 4.28. The van der Waals surface area contributed by atoms with Crippen molar-refractivity contribution < 1.29 is 4.39 Å². The first-order valence-electron chi connectivity index (χ1n) is 8.51. The molecule has 6 heteroatoms. The molecule has 0 bridgehead atoms. The number of halogens is 1. The van der Waals surface area contributed by atoms with Crippen molar-refractivity contribution in [3.8, 4) is 5.69 Å². The molecule has 0 saturated heterocycles. The number of rotatable bonds is 3. The first-order chi connectivity index (χ1) is 13.0. The molecule has 0 atom stereocenters. The summed E-state index contributed by atoms with van der Waals surface area (Å²) in [6.45, 7) is 4.29. The second-order valence-electron chi connectivity index (χ2n) is 6.53. The lowest BCUT2D eigenvalue weighted by atomic mass is 10.1. The Morgan fingerprint density at radius 3 is 2.59 bits per heavy atom. The van der Waals surface area contributed by atoms with Crippen LogP contribution in [-0.4, -0.2) is 9.13 Å². The summed E-state index contributed by atoms with van der Waals surface area (Å²) in [5.74, 6) is -0.606. The third kappa shape index (κ3) is 2.92. The molecule has 0 aliphatic rings. The zero-order valence-electron chi connectivity index (χ0n) is 14.9. The predicted molar refractivity (Wildman–Crippen MR) is 107 cm³/mol. The molecule has 0 fully saturated rings. The van der Waals surface area contributed by atoms with Gasteiger partial charge in [0, 0.05) is 0 Å². The van der Waals surface area contributed by atoms with Crippen molar-refractivity contribution in [1.29, 1.82) is 0 Å². The Labute approximate surface area is 158 Å². The molecule has 0 aliphatic heterocycles. The molecule has 0 radical (unpaired) electrons. The van der Waals surface area contributed by atoms with E-state index in [1.54, 1.807) is 22.1 Å². The quantitative estimate of drug-likeness (QED) is 0.539. The summed E-state index contributed by atoms with van der Waals surface area (Å²) in [4.78, 5) is 26.1. The van der Waals surface area contributed by atoms with Crippen molar-refractivity contribution in [2.75, 3.05) is 0 Å². The minimum Gasteiger partial charge on any atom is -0.288 e. The molecule has 136 valence electrons. The number of thiophene rings is 1. The molecule has 0 spiro atoms. The highest BCUT2D eigenvalue weighted by molar-refractivity contribution is 7.17. The summed E-state index contributed by atoms with van der Waals surface area (Å²) in [5.41, 5.74) is 2.64. The van der Waals surface area contributed by atoms with Crippen molar-refractivity contribution >= 4 is 21.6 Å². The summed E-state index contributed by atoms with van der Waals surface area (Å²) in [6, 6.07) is 13.6. The standard InChI is InChI=1S/C21H17FN2O2S/c1-13-7-8-14(2)15(11-13)12-23-18-9-10-27-19(18)20(25)24(21(23)26)17-6-4-3-5-16(17)22/h3-11H,12H2,1-2H3. The summed E-state index contributed by atoms with van der Waals surface area (Å²) >= 11 is 1.25. The Morgan fingerprint density at radius 1 is 1.04 bits per heavy atom. The van der Waals surface area contributed by atoms with E-state index in [9.17, 15) is 14.0 Å². The molecular weight excluding hydrogens is 363 g/mol. The van der Waals surface area contributed by atoms with Gasteiger partial charge in [0.05, 0.1) is 17.7 Å². The smallest absolute Gasteiger partial charge is 0.288 e. The molecular formula is C21H17FN2O2S. The van der Waals surface area contributed by atoms with Crippen LogP contribution in [-0.2, 0) is 6.54 Å². The Hall–Kier alpha value is -2.99. The average molecular weight is 380 g/mol. The number of para-hydroxylation sites is 1. The molecule has 0 N–H and O–H groups in total. The van der Waals surface area contributed by atoms with Crippen molar-refractivity contribution in [3.63, 3.8) is 0 Å². The zero-order chi connectivity index (χ0) is 19.1. The average Bonchev–Trinajstić information content (AvgIpc) is 3.13. The number of aryl methyl sites for hydroxylation is 2. The summed E-state index contributed by atoms with van der Waals surface area (Å²) < 4.78 is 17.2. The van der Waals surface area contributed by atoms with Gasteiger partial charge in [-0.05, 0) is 48.6 Å². The summed E-state index contributed by atoms with van der Waals surface area (Å²) in [6.07, 6.45) is 0. The van der Waals surface area contributed by atoms with E-state index in [-0.39, 0.29) is 5.69 Å². The van der Waals surface area contributed by atoms with E-state index in [0.29, 0.717) is 16.8 Å². The lowest BCUT2D eigenvalue weighted by Crippen LogP contribution is -2.39. The summed E-state index contributed by atoms with van der Waals surface area (Å²) in [7, 11) is 0. The van der Waals surface area contributed by atoms with Gasteiger partial charge >= 0.3 is 5.69 Å². The SMILES string of the molecule is Cc1ccc(C)c(Cn2c(=O)n(-c3ccccc3F)c(=O)c3sccc32)c1. The second-order valence-corrected chi connectivity index (χ2v) is 7.44.